The van der Waals surface area contributed by atoms with E-state index in [1.165, 1.54) is 30.9 Å². The molecule has 0 spiro atoms. The van der Waals surface area contributed by atoms with Crippen molar-refractivity contribution in [2.45, 2.75) is 24.1 Å². The number of hydrogen-bond acceptors (Lipinski definition) is 7. The molecule has 0 saturated heterocycles. The number of hydrogen-bond donors (Lipinski definition) is 2. The van der Waals surface area contributed by atoms with Crippen LogP contribution in [0.5, 0.6) is 5.88 Å². The quantitative estimate of drug-likeness (QED) is 0.642. The number of nitrogens with one attached hydrogen (secondary N) is 1. The van der Waals surface area contributed by atoms with Gasteiger partial charge in [-0.1, -0.05) is 17.7 Å². The van der Waals surface area contributed by atoms with Crippen molar-refractivity contribution < 1.29 is 22.7 Å². The van der Waals surface area contributed by atoms with Crippen LogP contribution in [0.4, 0.5) is 18.9 Å². The van der Waals surface area contributed by atoms with Crippen LogP contribution >= 0.6 is 11.8 Å². The van der Waals surface area contributed by atoms with E-state index in [0.29, 0.717) is 6.42 Å². The number of aromatic nitrogens is 2. The molecule has 1 aliphatic carbocycles. The summed E-state index contributed by atoms with van der Waals surface area (Å²) >= 11 is 1.30. The number of rotatable bonds is 6. The topological polar surface area (TPSA) is 102 Å². The van der Waals surface area contributed by atoms with Gasteiger partial charge in [0.25, 0.3) is 5.91 Å². The number of terminal acetylenes is 1. The van der Waals surface area contributed by atoms with Crippen LogP contribution in [-0.4, -0.2) is 39.6 Å². The Kier molecular flexibility index (Phi) is 5.73. The molecule has 1 amide bonds. The Morgan fingerprint density at radius 1 is 1.47 bits per heavy atom. The molecule has 0 radical (unpaired) electrons. The molecule has 11 heteroatoms. The van der Waals surface area contributed by atoms with Crippen molar-refractivity contribution in [3.63, 3.8) is 0 Å². The summed E-state index contributed by atoms with van der Waals surface area (Å²) in [5, 5.41) is 2.58. The fraction of sp³-hybridized carbons (Fsp3) is 0.333. The highest BCUT2D eigenvalue weighted by Crippen LogP contribution is 2.58. The number of nitrogens with zero attached hydrogens (tertiary/aromatic N) is 3. The zero-order valence-corrected chi connectivity index (χ0v) is 17.7. The zero-order chi connectivity index (χ0) is 23.0. The van der Waals surface area contributed by atoms with Crippen molar-refractivity contribution in [3.8, 4) is 18.2 Å². The van der Waals surface area contributed by atoms with Crippen LogP contribution in [0, 0.1) is 36.8 Å². The molecule has 1 saturated carbocycles. The lowest BCUT2D eigenvalue weighted by Crippen LogP contribution is -2.37. The minimum absolute atomic E-state index is 0.00270. The number of ether oxygens (including phenoxy) is 1. The molecular formula is C21H18F3N5O2S. The lowest BCUT2D eigenvalue weighted by molar-refractivity contribution is 0.102. The monoisotopic (exact) mass is 461 g/mol. The van der Waals surface area contributed by atoms with Gasteiger partial charge in [0.15, 0.2) is 23.4 Å². The minimum Gasteiger partial charge on any atom is -0.463 e. The maximum Gasteiger partial charge on any atom is 0.276 e. The van der Waals surface area contributed by atoms with Crippen LogP contribution in [0.1, 0.15) is 28.2 Å². The molecule has 1 aromatic heterocycles. The van der Waals surface area contributed by atoms with Gasteiger partial charge in [0, 0.05) is 28.5 Å². The van der Waals surface area contributed by atoms with Gasteiger partial charge in [0.2, 0.25) is 5.88 Å². The second kappa shape index (κ2) is 8.35. The van der Waals surface area contributed by atoms with E-state index in [1.807, 2.05) is 0 Å². The third-order valence-electron chi connectivity index (χ3n) is 5.33. The number of halogens is 3. The fourth-order valence-electron chi connectivity index (χ4n) is 3.76. The number of aryl methyl sites for hydroxylation is 1. The van der Waals surface area contributed by atoms with E-state index in [1.54, 1.807) is 0 Å². The summed E-state index contributed by atoms with van der Waals surface area (Å²) < 4.78 is 48.6. The van der Waals surface area contributed by atoms with Gasteiger partial charge in [-0.05, 0) is 19.4 Å². The van der Waals surface area contributed by atoms with Gasteiger partial charge < -0.3 is 15.8 Å². The van der Waals surface area contributed by atoms with Crippen LogP contribution in [0.3, 0.4) is 0 Å². The summed E-state index contributed by atoms with van der Waals surface area (Å²) in [6, 6.07) is 2.00. The summed E-state index contributed by atoms with van der Waals surface area (Å²) in [4.78, 5) is 24.9. The molecule has 32 heavy (non-hydrogen) atoms. The summed E-state index contributed by atoms with van der Waals surface area (Å²) in [5.74, 6) is -1.06. The maximum absolute atomic E-state index is 14.8. The molecule has 1 aliphatic heterocycles. The van der Waals surface area contributed by atoms with E-state index in [0.717, 1.165) is 6.07 Å². The Morgan fingerprint density at radius 2 is 2.25 bits per heavy atom. The highest BCUT2D eigenvalue weighted by Gasteiger charge is 2.58. The summed E-state index contributed by atoms with van der Waals surface area (Å²) in [5.41, 5.74) is 4.01. The number of anilines is 1. The Morgan fingerprint density at radius 3 is 2.94 bits per heavy atom. The average molecular weight is 461 g/mol. The number of nitrogens with two attached hydrogens (primary N) is 1. The number of fused-ring (bicyclic) bond motifs is 1. The Hall–Kier alpha value is -3.26. The molecule has 2 aliphatic rings. The second-order valence-electron chi connectivity index (χ2n) is 7.42. The van der Waals surface area contributed by atoms with Crippen molar-refractivity contribution in [2.75, 3.05) is 18.6 Å². The van der Waals surface area contributed by atoms with E-state index in [2.05, 4.69) is 26.2 Å². The molecule has 2 heterocycles. The number of amides is 1. The van der Waals surface area contributed by atoms with Crippen molar-refractivity contribution in [2.24, 2.45) is 16.6 Å². The van der Waals surface area contributed by atoms with E-state index >= 15 is 0 Å². The smallest absolute Gasteiger partial charge is 0.276 e. The molecule has 0 bridgehead atoms. The maximum atomic E-state index is 14.8. The summed E-state index contributed by atoms with van der Waals surface area (Å²) in [6.45, 7) is 0.470. The predicted molar refractivity (Wildman–Crippen MR) is 114 cm³/mol. The van der Waals surface area contributed by atoms with E-state index in [9.17, 15) is 18.0 Å². The number of benzene rings is 1. The molecule has 3 N–H and O–H groups in total. The summed E-state index contributed by atoms with van der Waals surface area (Å²) in [6.07, 6.45) is 6.92. The standard InChI is InChI=1S/C21H18F3N5O2S/c1-3-4-31-16-8-26-18(10(2)27-16)19(30)28-11-5-13(17(24)14(23)6-11)21(9-22)12-7-15(12)32-20(25)29-21/h1,5-6,8,12,15H,4,7,9H2,2H3,(H2,25,29)(H,28,30)/t12-,15+,21+/m1/s1. The number of thioether (sulfide) groups is 1. The van der Waals surface area contributed by atoms with Gasteiger partial charge >= 0.3 is 0 Å². The van der Waals surface area contributed by atoms with Crippen LogP contribution < -0.4 is 15.8 Å². The Labute approximate surface area is 186 Å². The first-order chi connectivity index (χ1) is 15.3. The van der Waals surface area contributed by atoms with Crippen molar-refractivity contribution >= 4 is 28.5 Å². The lowest BCUT2D eigenvalue weighted by Gasteiger charge is -2.31. The lowest BCUT2D eigenvalue weighted by atomic mass is 9.85. The minimum atomic E-state index is -1.63. The molecule has 7 nitrogen and oxygen atoms in total. The van der Waals surface area contributed by atoms with Gasteiger partial charge in [-0.25, -0.2) is 28.1 Å². The first-order valence-corrected chi connectivity index (χ1v) is 10.5. The van der Waals surface area contributed by atoms with Crippen molar-refractivity contribution in [1.29, 1.82) is 0 Å². The molecule has 4 rings (SSSR count). The summed E-state index contributed by atoms with van der Waals surface area (Å²) in [7, 11) is 0. The van der Waals surface area contributed by atoms with Gasteiger partial charge in [0.05, 0.1) is 11.9 Å². The van der Waals surface area contributed by atoms with Crippen LogP contribution in [0.25, 0.3) is 0 Å². The number of alkyl halides is 1. The van der Waals surface area contributed by atoms with Gasteiger partial charge in [-0.15, -0.1) is 6.42 Å². The molecular weight excluding hydrogens is 443 g/mol. The van der Waals surface area contributed by atoms with Crippen LogP contribution in [0.2, 0.25) is 0 Å². The van der Waals surface area contributed by atoms with Gasteiger partial charge in [0.1, 0.15) is 17.9 Å². The van der Waals surface area contributed by atoms with Gasteiger partial charge in [-0.3, -0.25) is 4.79 Å². The van der Waals surface area contributed by atoms with Crippen LogP contribution in [-0.2, 0) is 5.54 Å². The normalized spacial score (nSPS) is 23.5. The highest BCUT2D eigenvalue weighted by molar-refractivity contribution is 8.14. The molecule has 0 unspecified atom stereocenters. The largest absolute Gasteiger partial charge is 0.463 e. The molecule has 2 aromatic rings. The highest BCUT2D eigenvalue weighted by atomic mass is 32.2. The second-order valence-corrected chi connectivity index (χ2v) is 8.67. The van der Waals surface area contributed by atoms with Crippen LogP contribution in [0.15, 0.2) is 23.3 Å². The number of aliphatic imine (C=N–C) groups is 1. The third-order valence-corrected chi connectivity index (χ3v) is 6.48. The molecule has 1 aromatic carbocycles. The first-order valence-electron chi connectivity index (χ1n) is 9.57. The fourth-order valence-corrected chi connectivity index (χ4v) is 4.98. The average Bonchev–Trinajstić information content (AvgIpc) is 3.53. The number of carbonyl (C=O) groups is 1. The molecule has 3 atom stereocenters. The number of carbonyl (C=O) groups excluding carboxylic acids is 1. The van der Waals surface area contributed by atoms with E-state index in [-0.39, 0.29) is 51.5 Å². The predicted octanol–water partition coefficient (Wildman–Crippen LogP) is 2.94. The van der Waals surface area contributed by atoms with Gasteiger partial charge in [-0.2, -0.15) is 0 Å². The first kappa shape index (κ1) is 22.0. The van der Waals surface area contributed by atoms with E-state index in [4.69, 9.17) is 16.9 Å². The van der Waals surface area contributed by atoms with Crippen molar-refractivity contribution in [1.82, 2.24) is 9.97 Å². The number of amidine groups is 1. The van der Waals surface area contributed by atoms with Crippen molar-refractivity contribution in [3.05, 3.63) is 46.9 Å². The zero-order valence-electron chi connectivity index (χ0n) is 16.9. The SMILES string of the molecule is C#CCOc1cnc(C(=O)Nc2cc(F)c(F)c([C@@]3(CF)N=C(N)S[C@H]4C[C@H]43)c2)c(C)n1. The molecule has 1 fully saturated rings. The third kappa shape index (κ3) is 3.86. The Bertz CT molecular complexity index is 1170. The van der Waals surface area contributed by atoms with E-state index < -0.39 is 29.8 Å². The Balaban J connectivity index is 1.65. The molecule has 166 valence electrons.